The number of amides is 3. The van der Waals surface area contributed by atoms with Gasteiger partial charge in [0.2, 0.25) is 0 Å². The normalized spacial score (nSPS) is 20.4. The van der Waals surface area contributed by atoms with Gasteiger partial charge in [-0.05, 0) is 112 Å². The summed E-state index contributed by atoms with van der Waals surface area (Å²) in [5.74, 6) is 2.65. The highest BCUT2D eigenvalue weighted by Gasteiger charge is 2.31. The molecule has 4 saturated heterocycles. The van der Waals surface area contributed by atoms with Crippen molar-refractivity contribution in [2.24, 2.45) is 10.9 Å². The van der Waals surface area contributed by atoms with Gasteiger partial charge in [-0.15, -0.1) is 0 Å². The fourth-order valence-corrected chi connectivity index (χ4v) is 8.20. The Labute approximate surface area is 375 Å². The predicted molar refractivity (Wildman–Crippen MR) is 246 cm³/mol. The molecule has 0 saturated carbocycles. The van der Waals surface area contributed by atoms with Gasteiger partial charge in [0, 0.05) is 113 Å². The standard InChI is InChI=1S/C20H34N4O2.C14H22N2O2.C9H15NO3.C3H7Br/c1-3-11-23-16-10-21-19(23)17-7-13-22(14-8-17)18-6-5-12-24(15-9-18)20(25)26-4-2;1-14(2,3)18-13(17)16-9-6-11(7-10-16)12-5-4-8-15-12;1-2-13-9(12)10-6-3-4-8(11)5-7-10;1-2-3-4/h10,16-18H,3-9,11-15H2,1-2H3;4,8,11H,5-7,9-10H2,1-3H3;2-7H2,1H3;2-3H2,1H3. The molecular formula is C46H78BrN7O7. The number of hydrogen-bond donors (Lipinski definition) is 0. The number of allylic oxidation sites excluding steroid dienone is 1. The highest BCUT2D eigenvalue weighted by molar-refractivity contribution is 9.09. The number of aryl methyl sites for hydroxylation is 1. The van der Waals surface area contributed by atoms with Crippen molar-refractivity contribution in [3.8, 4) is 0 Å². The van der Waals surface area contributed by atoms with Crippen LogP contribution in [0.2, 0.25) is 0 Å². The quantitative estimate of drug-likeness (QED) is 0.184. The number of alkyl halides is 1. The molecule has 14 nitrogen and oxygen atoms in total. The second-order valence-corrected chi connectivity index (χ2v) is 18.1. The molecule has 0 N–H and O–H groups in total. The van der Waals surface area contributed by atoms with Gasteiger partial charge in [-0.25, -0.2) is 19.4 Å². The first kappa shape index (κ1) is 51.9. The van der Waals surface area contributed by atoms with Crippen LogP contribution in [0.15, 0.2) is 29.7 Å². The third-order valence-corrected chi connectivity index (χ3v) is 12.2. The van der Waals surface area contributed by atoms with Gasteiger partial charge in [-0.1, -0.05) is 35.9 Å². The lowest BCUT2D eigenvalue weighted by Gasteiger charge is -2.37. The maximum Gasteiger partial charge on any atom is 0.410 e. The van der Waals surface area contributed by atoms with E-state index in [1.54, 1.807) is 11.8 Å². The van der Waals surface area contributed by atoms with Gasteiger partial charge >= 0.3 is 18.3 Å². The molecule has 4 fully saturated rings. The Kier molecular flexibility index (Phi) is 24.1. The van der Waals surface area contributed by atoms with E-state index in [0.717, 1.165) is 96.1 Å². The molecule has 0 aliphatic carbocycles. The lowest BCUT2D eigenvalue weighted by Crippen LogP contribution is -2.42. The number of Topliss-reactive ketones (excluding diaryl/α,β-unsaturated/α-hetero) is 1. The number of nitrogens with zero attached hydrogens (tertiary/aromatic N) is 7. The first-order valence-electron chi connectivity index (χ1n) is 23.2. The minimum absolute atomic E-state index is 0.144. The van der Waals surface area contributed by atoms with Gasteiger partial charge in [-0.3, -0.25) is 9.79 Å². The molecule has 6 rings (SSSR count). The number of rotatable bonds is 8. The first-order chi connectivity index (χ1) is 29.3. The third kappa shape index (κ3) is 18.8. The maximum atomic E-state index is 12.0. The summed E-state index contributed by atoms with van der Waals surface area (Å²) >= 11 is 3.25. The molecule has 6 heterocycles. The number of carbonyl (C=O) groups excluding carboxylic acids is 4. The minimum Gasteiger partial charge on any atom is -0.450 e. The van der Waals surface area contributed by atoms with Crippen molar-refractivity contribution >= 4 is 45.7 Å². The van der Waals surface area contributed by atoms with Crippen molar-refractivity contribution in [3.05, 3.63) is 30.5 Å². The van der Waals surface area contributed by atoms with E-state index >= 15 is 0 Å². The zero-order chi connectivity index (χ0) is 44.6. The van der Waals surface area contributed by atoms with Crippen LogP contribution in [0.25, 0.3) is 0 Å². The highest BCUT2D eigenvalue weighted by Crippen LogP contribution is 2.30. The molecule has 3 amide bonds. The van der Waals surface area contributed by atoms with E-state index in [-0.39, 0.29) is 24.1 Å². The van der Waals surface area contributed by atoms with Gasteiger partial charge in [0.05, 0.1) is 13.2 Å². The Morgan fingerprint density at radius 2 is 1.33 bits per heavy atom. The van der Waals surface area contributed by atoms with Crippen molar-refractivity contribution in [2.75, 3.05) is 70.9 Å². The van der Waals surface area contributed by atoms with E-state index in [2.05, 4.69) is 61.5 Å². The first-order valence-corrected chi connectivity index (χ1v) is 24.3. The summed E-state index contributed by atoms with van der Waals surface area (Å²) in [5, 5.41) is 1.13. The molecule has 1 unspecified atom stereocenters. The molecule has 15 heteroatoms. The molecule has 1 aromatic heterocycles. The Morgan fingerprint density at radius 1 is 0.738 bits per heavy atom. The fourth-order valence-electron chi connectivity index (χ4n) is 8.20. The number of ketones is 1. The topological polar surface area (TPSA) is 139 Å². The molecule has 346 valence electrons. The molecule has 0 bridgehead atoms. The number of halogens is 1. The van der Waals surface area contributed by atoms with E-state index in [1.165, 1.54) is 37.2 Å². The zero-order valence-corrected chi connectivity index (χ0v) is 40.2. The lowest BCUT2D eigenvalue weighted by molar-refractivity contribution is -0.118. The lowest BCUT2D eigenvalue weighted by atomic mass is 9.91. The number of ether oxygens (including phenoxy) is 3. The van der Waals surface area contributed by atoms with Gasteiger partial charge in [0.25, 0.3) is 0 Å². The SMILES string of the molecule is CC(C)(C)OC(=O)N1CCC(C2=NC=CC2)CC1.CCCBr.CCCn1ccnc1C1CCN(C2CCCN(C(=O)OCC)CC2)CC1.CCOC(=O)N1CCCC(=O)CC1. The number of hydrogen-bond acceptors (Lipinski definition) is 10. The molecule has 1 atom stereocenters. The number of aliphatic imine (C=N–C) groups is 1. The average molecular weight is 921 g/mol. The van der Waals surface area contributed by atoms with E-state index in [1.807, 2.05) is 49.9 Å². The van der Waals surface area contributed by atoms with Crippen LogP contribution in [-0.4, -0.2) is 141 Å². The summed E-state index contributed by atoms with van der Waals surface area (Å²) < 4.78 is 17.7. The van der Waals surface area contributed by atoms with Crippen LogP contribution in [0.4, 0.5) is 14.4 Å². The van der Waals surface area contributed by atoms with Crippen molar-refractivity contribution < 1.29 is 33.4 Å². The number of likely N-dealkylation sites (tertiary alicyclic amines) is 4. The summed E-state index contributed by atoms with van der Waals surface area (Å²) in [4.78, 5) is 63.1. The van der Waals surface area contributed by atoms with E-state index in [9.17, 15) is 19.2 Å². The Morgan fingerprint density at radius 3 is 1.90 bits per heavy atom. The van der Waals surface area contributed by atoms with Crippen LogP contribution in [0.1, 0.15) is 144 Å². The summed E-state index contributed by atoms with van der Waals surface area (Å²) in [7, 11) is 0. The number of piperidine rings is 2. The molecule has 0 spiro atoms. The Bertz CT molecular complexity index is 1510. The smallest absolute Gasteiger partial charge is 0.410 e. The summed E-state index contributed by atoms with van der Waals surface area (Å²) in [6, 6.07) is 0.603. The van der Waals surface area contributed by atoms with E-state index in [0.29, 0.717) is 57.0 Å². The predicted octanol–water partition coefficient (Wildman–Crippen LogP) is 9.46. The highest BCUT2D eigenvalue weighted by atomic mass is 79.9. The maximum absolute atomic E-state index is 12.0. The van der Waals surface area contributed by atoms with E-state index < -0.39 is 5.60 Å². The molecule has 1 aromatic rings. The van der Waals surface area contributed by atoms with Gasteiger partial charge in [0.15, 0.2) is 0 Å². The van der Waals surface area contributed by atoms with Gasteiger partial charge in [-0.2, -0.15) is 0 Å². The van der Waals surface area contributed by atoms with Gasteiger partial charge in [0.1, 0.15) is 17.2 Å². The second kappa shape index (κ2) is 28.3. The zero-order valence-electron chi connectivity index (χ0n) is 38.6. The fraction of sp³-hybridized carbons (Fsp3) is 0.783. The minimum atomic E-state index is -0.409. The van der Waals surface area contributed by atoms with Crippen LogP contribution >= 0.6 is 15.9 Å². The monoisotopic (exact) mass is 920 g/mol. The second-order valence-electron chi connectivity index (χ2n) is 17.3. The summed E-state index contributed by atoms with van der Waals surface area (Å²) in [6.45, 7) is 22.3. The Balaban J connectivity index is 0.000000247. The van der Waals surface area contributed by atoms with Crippen LogP contribution in [0.5, 0.6) is 0 Å². The molecular weight excluding hydrogens is 842 g/mol. The number of imidazole rings is 1. The molecule has 61 heavy (non-hydrogen) atoms. The molecule has 0 radical (unpaired) electrons. The van der Waals surface area contributed by atoms with Crippen LogP contribution < -0.4 is 0 Å². The number of aromatic nitrogens is 2. The van der Waals surface area contributed by atoms with Crippen molar-refractivity contribution in [1.82, 2.24) is 29.2 Å². The van der Waals surface area contributed by atoms with Crippen LogP contribution in [0.3, 0.4) is 0 Å². The summed E-state index contributed by atoms with van der Waals surface area (Å²) in [5.41, 5.74) is 0.867. The van der Waals surface area contributed by atoms with Crippen LogP contribution in [-0.2, 0) is 25.5 Å². The Hall–Kier alpha value is -3.46. The molecule has 5 aliphatic rings. The number of carbonyl (C=O) groups is 4. The average Bonchev–Trinajstić information content (AvgIpc) is 3.84. The molecule has 0 aromatic carbocycles. The molecule has 5 aliphatic heterocycles. The van der Waals surface area contributed by atoms with Gasteiger partial charge < -0.3 is 38.4 Å². The van der Waals surface area contributed by atoms with E-state index in [4.69, 9.17) is 14.2 Å². The third-order valence-electron chi connectivity index (χ3n) is 11.4. The van der Waals surface area contributed by atoms with Crippen LogP contribution in [0, 0.1) is 5.92 Å². The van der Waals surface area contributed by atoms with Crippen molar-refractivity contribution in [3.63, 3.8) is 0 Å². The largest absolute Gasteiger partial charge is 0.450 e. The summed E-state index contributed by atoms with van der Waals surface area (Å²) in [6.07, 6.45) is 20.3. The van der Waals surface area contributed by atoms with Crippen molar-refractivity contribution in [2.45, 2.75) is 156 Å². The van der Waals surface area contributed by atoms with Crippen molar-refractivity contribution in [1.29, 1.82) is 0 Å².